The minimum absolute atomic E-state index is 0.172. The van der Waals surface area contributed by atoms with E-state index in [4.69, 9.17) is 4.74 Å². The van der Waals surface area contributed by atoms with Gasteiger partial charge >= 0.3 is 0 Å². The highest BCUT2D eigenvalue weighted by Crippen LogP contribution is 2.24. The number of rotatable bonds is 3. The normalized spacial score (nSPS) is 16.8. The van der Waals surface area contributed by atoms with Crippen molar-refractivity contribution in [1.29, 1.82) is 0 Å². The molecule has 4 heteroatoms. The topological polar surface area (TPSA) is 26.3 Å². The molecular weight excluding hydrogens is 238 g/mol. The number of halogens is 2. The van der Waals surface area contributed by atoms with Crippen LogP contribution in [-0.4, -0.2) is 19.0 Å². The van der Waals surface area contributed by atoms with E-state index < -0.39 is 17.4 Å². The Labute approximate surface area is 105 Å². The fourth-order valence-electron chi connectivity index (χ4n) is 2.23. The van der Waals surface area contributed by atoms with Crippen molar-refractivity contribution < 1.29 is 18.3 Å². The van der Waals surface area contributed by atoms with Crippen LogP contribution >= 0.6 is 0 Å². The molecule has 1 aromatic carbocycles. The molecule has 0 aliphatic carbocycles. The van der Waals surface area contributed by atoms with Crippen molar-refractivity contribution in [2.45, 2.75) is 26.2 Å². The fourth-order valence-corrected chi connectivity index (χ4v) is 2.23. The Morgan fingerprint density at radius 1 is 1.33 bits per heavy atom. The molecule has 0 radical (unpaired) electrons. The second-order valence-electron chi connectivity index (χ2n) is 4.74. The highest BCUT2D eigenvalue weighted by Gasteiger charge is 2.23. The van der Waals surface area contributed by atoms with Crippen LogP contribution in [0, 0.1) is 24.5 Å². The Kier molecular flexibility index (Phi) is 4.07. The van der Waals surface area contributed by atoms with Gasteiger partial charge < -0.3 is 4.74 Å². The summed E-state index contributed by atoms with van der Waals surface area (Å²) in [6.07, 6.45) is 1.75. The van der Waals surface area contributed by atoms with Crippen LogP contribution in [0.1, 0.15) is 35.2 Å². The maximum atomic E-state index is 13.8. The number of hydrogen-bond donors (Lipinski definition) is 0. The average Bonchev–Trinajstić information content (AvgIpc) is 2.36. The lowest BCUT2D eigenvalue weighted by Crippen LogP contribution is -2.20. The van der Waals surface area contributed by atoms with E-state index in [-0.39, 0.29) is 17.9 Å². The summed E-state index contributed by atoms with van der Waals surface area (Å²) in [5.41, 5.74) is -0.0896. The van der Waals surface area contributed by atoms with Crippen molar-refractivity contribution in [2.75, 3.05) is 13.2 Å². The van der Waals surface area contributed by atoms with Crippen molar-refractivity contribution in [3.63, 3.8) is 0 Å². The van der Waals surface area contributed by atoms with Gasteiger partial charge in [-0.25, -0.2) is 8.78 Å². The Hall–Kier alpha value is -1.29. The van der Waals surface area contributed by atoms with Gasteiger partial charge in [-0.05, 0) is 37.3 Å². The number of carbonyl (C=O) groups is 1. The third-order valence-corrected chi connectivity index (χ3v) is 3.38. The molecule has 0 saturated carbocycles. The quantitative estimate of drug-likeness (QED) is 0.774. The van der Waals surface area contributed by atoms with E-state index in [1.165, 1.54) is 13.0 Å². The molecule has 18 heavy (non-hydrogen) atoms. The Bertz CT molecular complexity index is 451. The largest absolute Gasteiger partial charge is 0.381 e. The van der Waals surface area contributed by atoms with E-state index in [9.17, 15) is 13.6 Å². The third-order valence-electron chi connectivity index (χ3n) is 3.38. The minimum atomic E-state index is -0.768. The number of aryl methyl sites for hydroxylation is 1. The lowest BCUT2D eigenvalue weighted by Gasteiger charge is -2.21. The van der Waals surface area contributed by atoms with E-state index in [1.807, 2.05) is 0 Å². The van der Waals surface area contributed by atoms with E-state index in [2.05, 4.69) is 0 Å². The van der Waals surface area contributed by atoms with Crippen molar-refractivity contribution in [3.8, 4) is 0 Å². The van der Waals surface area contributed by atoms with E-state index in [0.717, 1.165) is 18.9 Å². The predicted octanol–water partition coefficient (Wildman–Crippen LogP) is 3.27. The standard InChI is InChI=1S/C14H16F2O2/c1-9-2-3-11(15)13(14(9)16)12(17)8-10-4-6-18-7-5-10/h2-3,10H,4-8H2,1H3. The van der Waals surface area contributed by atoms with Gasteiger partial charge in [0.15, 0.2) is 5.78 Å². The molecule has 0 atom stereocenters. The molecule has 1 heterocycles. The van der Waals surface area contributed by atoms with Gasteiger partial charge in [0.25, 0.3) is 0 Å². The molecule has 0 spiro atoms. The number of Topliss-reactive ketones (excluding diaryl/α,β-unsaturated/α-hetero) is 1. The van der Waals surface area contributed by atoms with Crippen LogP contribution in [0.5, 0.6) is 0 Å². The van der Waals surface area contributed by atoms with Gasteiger partial charge in [-0.15, -0.1) is 0 Å². The van der Waals surface area contributed by atoms with Crippen LogP contribution in [-0.2, 0) is 4.74 Å². The smallest absolute Gasteiger partial charge is 0.169 e. The summed E-state index contributed by atoms with van der Waals surface area (Å²) < 4.78 is 32.5. The summed E-state index contributed by atoms with van der Waals surface area (Å²) in [4.78, 5) is 12.0. The maximum Gasteiger partial charge on any atom is 0.169 e. The van der Waals surface area contributed by atoms with Crippen molar-refractivity contribution >= 4 is 5.78 Å². The number of ketones is 1. The number of ether oxygens (including phenoxy) is 1. The van der Waals surface area contributed by atoms with Gasteiger partial charge in [0, 0.05) is 19.6 Å². The van der Waals surface area contributed by atoms with Gasteiger partial charge in [-0.1, -0.05) is 6.07 Å². The van der Waals surface area contributed by atoms with Crippen LogP contribution in [0.4, 0.5) is 8.78 Å². The molecule has 0 aromatic heterocycles. The van der Waals surface area contributed by atoms with E-state index in [1.54, 1.807) is 0 Å². The zero-order valence-electron chi connectivity index (χ0n) is 10.3. The van der Waals surface area contributed by atoms with Gasteiger partial charge in [0.1, 0.15) is 11.6 Å². The molecule has 0 unspecified atom stereocenters. The SMILES string of the molecule is Cc1ccc(F)c(C(=O)CC2CCOCC2)c1F. The molecular formula is C14H16F2O2. The van der Waals surface area contributed by atoms with Crippen LogP contribution in [0.15, 0.2) is 12.1 Å². The van der Waals surface area contributed by atoms with Gasteiger partial charge in [0.2, 0.25) is 0 Å². The first-order valence-corrected chi connectivity index (χ1v) is 6.15. The monoisotopic (exact) mass is 254 g/mol. The predicted molar refractivity (Wildman–Crippen MR) is 63.6 cm³/mol. The molecule has 1 aliphatic heterocycles. The number of carbonyl (C=O) groups excluding carboxylic acids is 1. The fraction of sp³-hybridized carbons (Fsp3) is 0.500. The van der Waals surface area contributed by atoms with Crippen molar-refractivity contribution in [1.82, 2.24) is 0 Å². The third kappa shape index (κ3) is 2.75. The van der Waals surface area contributed by atoms with Crippen molar-refractivity contribution in [3.05, 3.63) is 34.9 Å². The second kappa shape index (κ2) is 5.57. The number of benzene rings is 1. The molecule has 1 fully saturated rings. The van der Waals surface area contributed by atoms with Gasteiger partial charge in [-0.2, -0.15) is 0 Å². The molecule has 0 N–H and O–H groups in total. The molecule has 1 saturated heterocycles. The lowest BCUT2D eigenvalue weighted by molar-refractivity contribution is 0.0598. The van der Waals surface area contributed by atoms with Crippen LogP contribution < -0.4 is 0 Å². The molecule has 98 valence electrons. The van der Waals surface area contributed by atoms with Crippen LogP contribution in [0.3, 0.4) is 0 Å². The summed E-state index contributed by atoms with van der Waals surface area (Å²) in [6.45, 7) is 2.77. The first kappa shape index (κ1) is 13.1. The Morgan fingerprint density at radius 3 is 2.67 bits per heavy atom. The summed E-state index contributed by atoms with van der Waals surface area (Å²) in [5.74, 6) is -1.77. The van der Waals surface area contributed by atoms with Gasteiger partial charge in [0.05, 0.1) is 5.56 Å². The molecule has 1 aliphatic rings. The van der Waals surface area contributed by atoms with E-state index >= 15 is 0 Å². The minimum Gasteiger partial charge on any atom is -0.381 e. The first-order valence-electron chi connectivity index (χ1n) is 6.15. The Morgan fingerprint density at radius 2 is 2.00 bits per heavy atom. The van der Waals surface area contributed by atoms with Crippen LogP contribution in [0.2, 0.25) is 0 Å². The molecule has 1 aromatic rings. The molecule has 0 bridgehead atoms. The summed E-state index contributed by atoms with van der Waals surface area (Å²) in [5, 5.41) is 0. The lowest BCUT2D eigenvalue weighted by atomic mass is 9.91. The molecule has 2 rings (SSSR count). The summed E-state index contributed by atoms with van der Waals surface area (Å²) in [7, 11) is 0. The highest BCUT2D eigenvalue weighted by molar-refractivity contribution is 5.96. The summed E-state index contributed by atoms with van der Waals surface area (Å²) >= 11 is 0. The first-order chi connectivity index (χ1) is 8.59. The molecule has 2 nitrogen and oxygen atoms in total. The second-order valence-corrected chi connectivity index (χ2v) is 4.74. The van der Waals surface area contributed by atoms with Crippen LogP contribution in [0.25, 0.3) is 0 Å². The molecule has 0 amide bonds. The van der Waals surface area contributed by atoms with Crippen molar-refractivity contribution in [2.24, 2.45) is 5.92 Å². The highest BCUT2D eigenvalue weighted by atomic mass is 19.1. The zero-order valence-corrected chi connectivity index (χ0v) is 10.3. The maximum absolute atomic E-state index is 13.8. The van der Waals surface area contributed by atoms with Gasteiger partial charge in [-0.3, -0.25) is 4.79 Å². The summed E-state index contributed by atoms with van der Waals surface area (Å²) in [6, 6.07) is 2.49. The van der Waals surface area contributed by atoms with E-state index in [0.29, 0.717) is 18.8 Å². The average molecular weight is 254 g/mol. The zero-order chi connectivity index (χ0) is 13.1. The number of hydrogen-bond acceptors (Lipinski definition) is 2. The Balaban J connectivity index is 2.15.